The Balaban J connectivity index is 2.39. The fraction of sp³-hybridized carbons (Fsp3) is 0.500. The SMILES string of the molecule is Cc1cccnc1C(=O)NCCCC(C)O. The Morgan fingerprint density at radius 2 is 2.38 bits per heavy atom. The van der Waals surface area contributed by atoms with Crippen molar-refractivity contribution in [1.29, 1.82) is 0 Å². The van der Waals surface area contributed by atoms with E-state index in [1.807, 2.05) is 13.0 Å². The van der Waals surface area contributed by atoms with Crippen LogP contribution in [-0.2, 0) is 0 Å². The third-order valence-electron chi connectivity index (χ3n) is 2.31. The second kappa shape index (κ2) is 6.23. The number of aliphatic hydroxyl groups is 1. The Morgan fingerprint density at radius 1 is 1.62 bits per heavy atom. The number of nitrogens with one attached hydrogen (secondary N) is 1. The maximum atomic E-state index is 11.7. The van der Waals surface area contributed by atoms with E-state index in [-0.39, 0.29) is 12.0 Å². The first-order valence-electron chi connectivity index (χ1n) is 5.49. The molecular formula is C12H18N2O2. The molecule has 0 saturated heterocycles. The van der Waals surface area contributed by atoms with Gasteiger partial charge in [-0.25, -0.2) is 0 Å². The van der Waals surface area contributed by atoms with E-state index in [0.29, 0.717) is 18.7 Å². The summed E-state index contributed by atoms with van der Waals surface area (Å²) in [5.41, 5.74) is 1.34. The molecule has 0 aliphatic heterocycles. The summed E-state index contributed by atoms with van der Waals surface area (Å²) in [6.45, 7) is 4.17. The summed E-state index contributed by atoms with van der Waals surface area (Å²) in [4.78, 5) is 15.7. The molecule has 0 radical (unpaired) electrons. The Kier molecular flexibility index (Phi) is 4.92. The number of hydrogen-bond acceptors (Lipinski definition) is 3. The number of aryl methyl sites for hydroxylation is 1. The van der Waals surface area contributed by atoms with Crippen molar-refractivity contribution in [2.24, 2.45) is 0 Å². The van der Waals surface area contributed by atoms with Crippen molar-refractivity contribution >= 4 is 5.91 Å². The Hall–Kier alpha value is -1.42. The highest BCUT2D eigenvalue weighted by molar-refractivity contribution is 5.93. The van der Waals surface area contributed by atoms with E-state index < -0.39 is 0 Å². The number of hydrogen-bond donors (Lipinski definition) is 2. The molecule has 1 rings (SSSR count). The molecule has 0 fully saturated rings. The van der Waals surface area contributed by atoms with Crippen LogP contribution in [0.1, 0.15) is 35.8 Å². The van der Waals surface area contributed by atoms with E-state index in [4.69, 9.17) is 5.11 Å². The van der Waals surface area contributed by atoms with Crippen LogP contribution >= 0.6 is 0 Å². The van der Waals surface area contributed by atoms with Gasteiger partial charge in [0.15, 0.2) is 0 Å². The molecule has 1 aromatic heterocycles. The minimum atomic E-state index is -0.312. The molecule has 1 atom stereocenters. The molecule has 0 aliphatic rings. The molecular weight excluding hydrogens is 204 g/mol. The maximum Gasteiger partial charge on any atom is 0.270 e. The van der Waals surface area contributed by atoms with Crippen molar-refractivity contribution < 1.29 is 9.90 Å². The summed E-state index contributed by atoms with van der Waals surface area (Å²) >= 11 is 0. The van der Waals surface area contributed by atoms with E-state index in [2.05, 4.69) is 10.3 Å². The van der Waals surface area contributed by atoms with Crippen molar-refractivity contribution in [3.05, 3.63) is 29.6 Å². The zero-order chi connectivity index (χ0) is 12.0. The lowest BCUT2D eigenvalue weighted by molar-refractivity contribution is 0.0944. The van der Waals surface area contributed by atoms with Gasteiger partial charge in [-0.15, -0.1) is 0 Å². The molecule has 0 spiro atoms. The highest BCUT2D eigenvalue weighted by atomic mass is 16.3. The zero-order valence-electron chi connectivity index (χ0n) is 9.73. The molecule has 4 nitrogen and oxygen atoms in total. The Labute approximate surface area is 95.7 Å². The lowest BCUT2D eigenvalue weighted by atomic mass is 10.2. The van der Waals surface area contributed by atoms with Crippen LogP contribution in [0.15, 0.2) is 18.3 Å². The molecule has 0 saturated carbocycles. The van der Waals surface area contributed by atoms with Gasteiger partial charge in [-0.3, -0.25) is 9.78 Å². The third-order valence-corrected chi connectivity index (χ3v) is 2.31. The Bertz CT molecular complexity index is 351. The van der Waals surface area contributed by atoms with Gasteiger partial charge in [-0.05, 0) is 38.3 Å². The lowest BCUT2D eigenvalue weighted by Gasteiger charge is -2.07. The largest absolute Gasteiger partial charge is 0.393 e. The van der Waals surface area contributed by atoms with Gasteiger partial charge in [0, 0.05) is 12.7 Å². The predicted molar refractivity (Wildman–Crippen MR) is 62.2 cm³/mol. The highest BCUT2D eigenvalue weighted by Crippen LogP contribution is 2.02. The smallest absolute Gasteiger partial charge is 0.270 e. The van der Waals surface area contributed by atoms with E-state index in [1.165, 1.54) is 0 Å². The van der Waals surface area contributed by atoms with Crippen molar-refractivity contribution in [1.82, 2.24) is 10.3 Å². The molecule has 0 aromatic carbocycles. The number of rotatable bonds is 5. The van der Waals surface area contributed by atoms with Crippen molar-refractivity contribution in [3.8, 4) is 0 Å². The minimum absolute atomic E-state index is 0.149. The molecule has 1 amide bonds. The van der Waals surface area contributed by atoms with Crippen LogP contribution in [0.25, 0.3) is 0 Å². The van der Waals surface area contributed by atoms with Gasteiger partial charge in [0.05, 0.1) is 6.10 Å². The summed E-state index contributed by atoms with van der Waals surface area (Å²) in [7, 11) is 0. The standard InChI is InChI=1S/C12H18N2O2/c1-9-5-3-7-13-11(9)12(16)14-8-4-6-10(2)15/h3,5,7,10,15H,4,6,8H2,1-2H3,(H,14,16). The average molecular weight is 222 g/mol. The predicted octanol–water partition coefficient (Wildman–Crippen LogP) is 1.28. The second-order valence-electron chi connectivity index (χ2n) is 3.92. The Morgan fingerprint density at radius 3 is 3.00 bits per heavy atom. The number of carbonyl (C=O) groups is 1. The normalized spacial score (nSPS) is 12.2. The molecule has 0 aliphatic carbocycles. The van der Waals surface area contributed by atoms with Crippen LogP contribution in [0, 0.1) is 6.92 Å². The monoisotopic (exact) mass is 222 g/mol. The number of carbonyl (C=O) groups excluding carboxylic acids is 1. The molecule has 0 bridgehead atoms. The summed E-state index contributed by atoms with van der Waals surface area (Å²) in [6, 6.07) is 3.66. The topological polar surface area (TPSA) is 62.2 Å². The fourth-order valence-electron chi connectivity index (χ4n) is 1.41. The molecule has 4 heteroatoms. The molecule has 2 N–H and O–H groups in total. The molecule has 1 heterocycles. The summed E-state index contributed by atoms with van der Waals surface area (Å²) in [5.74, 6) is -0.149. The quantitative estimate of drug-likeness (QED) is 0.738. The van der Waals surface area contributed by atoms with Crippen LogP contribution in [0.2, 0.25) is 0 Å². The zero-order valence-corrected chi connectivity index (χ0v) is 9.73. The van der Waals surface area contributed by atoms with Crippen LogP contribution < -0.4 is 5.32 Å². The van der Waals surface area contributed by atoms with Crippen molar-refractivity contribution in [2.45, 2.75) is 32.8 Å². The number of aliphatic hydroxyl groups excluding tert-OH is 1. The van der Waals surface area contributed by atoms with Gasteiger partial charge in [-0.1, -0.05) is 6.07 Å². The lowest BCUT2D eigenvalue weighted by Crippen LogP contribution is -2.26. The first-order chi connectivity index (χ1) is 7.61. The first-order valence-corrected chi connectivity index (χ1v) is 5.49. The van der Waals surface area contributed by atoms with Crippen molar-refractivity contribution in [2.75, 3.05) is 6.54 Å². The van der Waals surface area contributed by atoms with Gasteiger partial charge in [-0.2, -0.15) is 0 Å². The highest BCUT2D eigenvalue weighted by Gasteiger charge is 2.08. The number of aromatic nitrogens is 1. The summed E-state index contributed by atoms with van der Waals surface area (Å²) in [6.07, 6.45) is 2.77. The fourth-order valence-corrected chi connectivity index (χ4v) is 1.41. The third kappa shape index (κ3) is 3.98. The van der Waals surface area contributed by atoms with Crippen molar-refractivity contribution in [3.63, 3.8) is 0 Å². The van der Waals surface area contributed by atoms with E-state index >= 15 is 0 Å². The number of nitrogens with zero attached hydrogens (tertiary/aromatic N) is 1. The van der Waals surface area contributed by atoms with Gasteiger partial charge in [0.1, 0.15) is 5.69 Å². The van der Waals surface area contributed by atoms with Crippen LogP contribution in [-0.4, -0.2) is 28.6 Å². The molecule has 16 heavy (non-hydrogen) atoms. The van der Waals surface area contributed by atoms with E-state index in [0.717, 1.165) is 12.0 Å². The average Bonchev–Trinajstić information content (AvgIpc) is 2.24. The van der Waals surface area contributed by atoms with Crippen LogP contribution in [0.3, 0.4) is 0 Å². The second-order valence-corrected chi connectivity index (χ2v) is 3.92. The van der Waals surface area contributed by atoms with Gasteiger partial charge < -0.3 is 10.4 Å². The van der Waals surface area contributed by atoms with Gasteiger partial charge >= 0.3 is 0 Å². The maximum absolute atomic E-state index is 11.7. The number of amides is 1. The molecule has 1 unspecified atom stereocenters. The van der Waals surface area contributed by atoms with Crippen LogP contribution in [0.4, 0.5) is 0 Å². The summed E-state index contributed by atoms with van der Waals surface area (Å²) < 4.78 is 0. The summed E-state index contributed by atoms with van der Waals surface area (Å²) in [5, 5.41) is 11.8. The minimum Gasteiger partial charge on any atom is -0.393 e. The molecule has 1 aromatic rings. The van der Waals surface area contributed by atoms with E-state index in [9.17, 15) is 4.79 Å². The van der Waals surface area contributed by atoms with Gasteiger partial charge in [0.2, 0.25) is 0 Å². The number of pyridine rings is 1. The van der Waals surface area contributed by atoms with Crippen LogP contribution in [0.5, 0.6) is 0 Å². The van der Waals surface area contributed by atoms with E-state index in [1.54, 1.807) is 19.2 Å². The molecule has 88 valence electrons. The first kappa shape index (κ1) is 12.6. The van der Waals surface area contributed by atoms with Gasteiger partial charge in [0.25, 0.3) is 5.91 Å².